The molecule has 0 unspecified atom stereocenters. The quantitative estimate of drug-likeness (QED) is 0.581. The first-order chi connectivity index (χ1) is 11.8. The monoisotopic (exact) mass is 383 g/mol. The van der Waals surface area contributed by atoms with Gasteiger partial charge in [-0.15, -0.1) is 0 Å². The SMILES string of the molecule is C=C(C)CNC(=S)Nc1ccc(OC)cc1S(=O)(=O)N1CCCCC1. The standard InChI is InChI=1S/C17H25N3O3S2/c1-13(2)12-18-17(24)19-15-8-7-14(23-3)11-16(15)25(21,22)20-9-5-4-6-10-20/h7-8,11H,1,4-6,9-10,12H2,2-3H3,(H2,18,19,24). The van der Waals surface area contributed by atoms with E-state index in [1.165, 1.54) is 17.5 Å². The molecular weight excluding hydrogens is 358 g/mol. The molecule has 0 saturated carbocycles. The lowest BCUT2D eigenvalue weighted by Crippen LogP contribution is -2.36. The average molecular weight is 384 g/mol. The Kier molecular flexibility index (Phi) is 6.80. The molecule has 1 aliphatic heterocycles. The Morgan fingerprint density at radius 2 is 2.00 bits per heavy atom. The predicted octanol–water partition coefficient (Wildman–Crippen LogP) is 2.73. The van der Waals surface area contributed by atoms with Crippen LogP contribution in [-0.4, -0.2) is 44.6 Å². The van der Waals surface area contributed by atoms with Gasteiger partial charge in [0.1, 0.15) is 10.6 Å². The van der Waals surface area contributed by atoms with Crippen molar-refractivity contribution in [2.75, 3.05) is 32.1 Å². The zero-order chi connectivity index (χ0) is 18.4. The van der Waals surface area contributed by atoms with Crippen LogP contribution in [0.15, 0.2) is 35.2 Å². The van der Waals surface area contributed by atoms with Crippen molar-refractivity contribution in [1.82, 2.24) is 9.62 Å². The third-order valence-corrected chi connectivity index (χ3v) is 6.11. The highest BCUT2D eigenvalue weighted by molar-refractivity contribution is 7.89. The van der Waals surface area contributed by atoms with Crippen LogP contribution in [0.2, 0.25) is 0 Å². The van der Waals surface area contributed by atoms with E-state index in [1.807, 2.05) is 6.92 Å². The van der Waals surface area contributed by atoms with Crippen LogP contribution in [0, 0.1) is 0 Å². The number of rotatable bonds is 6. The Morgan fingerprint density at radius 1 is 1.32 bits per heavy atom. The Hall–Kier alpha value is -1.64. The molecule has 0 radical (unpaired) electrons. The second-order valence-corrected chi connectivity index (χ2v) is 8.41. The maximum absolute atomic E-state index is 13.1. The number of nitrogens with one attached hydrogen (secondary N) is 2. The van der Waals surface area contributed by atoms with E-state index in [2.05, 4.69) is 17.2 Å². The first-order valence-electron chi connectivity index (χ1n) is 8.22. The molecule has 1 fully saturated rings. The summed E-state index contributed by atoms with van der Waals surface area (Å²) in [6.45, 7) is 7.29. The van der Waals surface area contributed by atoms with E-state index in [0.29, 0.717) is 36.2 Å². The molecule has 1 aromatic carbocycles. The van der Waals surface area contributed by atoms with Crippen molar-refractivity contribution in [2.24, 2.45) is 0 Å². The van der Waals surface area contributed by atoms with E-state index in [4.69, 9.17) is 17.0 Å². The van der Waals surface area contributed by atoms with Gasteiger partial charge in [-0.2, -0.15) is 4.31 Å². The summed E-state index contributed by atoms with van der Waals surface area (Å²) in [6.07, 6.45) is 2.82. The Labute approximate surface area is 155 Å². The van der Waals surface area contributed by atoms with Gasteiger partial charge in [0, 0.05) is 25.7 Å². The number of hydrogen-bond acceptors (Lipinski definition) is 4. The number of nitrogens with zero attached hydrogens (tertiary/aromatic N) is 1. The molecule has 0 spiro atoms. The van der Waals surface area contributed by atoms with E-state index in [9.17, 15) is 8.42 Å². The molecule has 0 amide bonds. The first-order valence-corrected chi connectivity index (χ1v) is 10.1. The van der Waals surface area contributed by atoms with E-state index in [-0.39, 0.29) is 4.90 Å². The summed E-state index contributed by atoms with van der Waals surface area (Å²) >= 11 is 5.25. The number of sulfonamides is 1. The zero-order valence-electron chi connectivity index (χ0n) is 14.7. The van der Waals surface area contributed by atoms with Crippen molar-refractivity contribution >= 4 is 33.0 Å². The second-order valence-electron chi connectivity index (χ2n) is 6.09. The van der Waals surface area contributed by atoms with E-state index < -0.39 is 10.0 Å². The highest BCUT2D eigenvalue weighted by Crippen LogP contribution is 2.30. The largest absolute Gasteiger partial charge is 0.497 e. The summed E-state index contributed by atoms with van der Waals surface area (Å²) in [4.78, 5) is 0.174. The van der Waals surface area contributed by atoms with Crippen molar-refractivity contribution in [3.8, 4) is 5.75 Å². The van der Waals surface area contributed by atoms with Gasteiger partial charge in [-0.3, -0.25) is 0 Å². The molecule has 1 heterocycles. The van der Waals surface area contributed by atoms with Crippen LogP contribution in [0.4, 0.5) is 5.69 Å². The molecule has 1 saturated heterocycles. The van der Waals surface area contributed by atoms with Gasteiger partial charge >= 0.3 is 0 Å². The summed E-state index contributed by atoms with van der Waals surface area (Å²) in [5, 5.41) is 6.33. The van der Waals surface area contributed by atoms with Crippen LogP contribution in [0.3, 0.4) is 0 Å². The predicted molar refractivity (Wildman–Crippen MR) is 105 cm³/mol. The lowest BCUT2D eigenvalue weighted by molar-refractivity contribution is 0.346. The topological polar surface area (TPSA) is 70.7 Å². The summed E-state index contributed by atoms with van der Waals surface area (Å²) in [6, 6.07) is 4.91. The van der Waals surface area contributed by atoms with Gasteiger partial charge < -0.3 is 15.4 Å². The van der Waals surface area contributed by atoms with Gasteiger partial charge in [0.25, 0.3) is 0 Å². The zero-order valence-corrected chi connectivity index (χ0v) is 16.3. The van der Waals surface area contributed by atoms with Gasteiger partial charge in [0.15, 0.2) is 5.11 Å². The molecule has 0 aliphatic carbocycles. The van der Waals surface area contributed by atoms with E-state index in [1.54, 1.807) is 12.1 Å². The molecule has 0 bridgehead atoms. The fraction of sp³-hybridized carbons (Fsp3) is 0.471. The van der Waals surface area contributed by atoms with E-state index in [0.717, 1.165) is 24.8 Å². The molecule has 2 rings (SSSR count). The first kappa shape index (κ1) is 19.7. The molecule has 1 aliphatic rings. The molecule has 25 heavy (non-hydrogen) atoms. The van der Waals surface area contributed by atoms with Crippen LogP contribution in [-0.2, 0) is 10.0 Å². The number of hydrogen-bond donors (Lipinski definition) is 2. The van der Waals surface area contributed by atoms with Gasteiger partial charge in [-0.25, -0.2) is 8.42 Å². The second kappa shape index (κ2) is 8.64. The summed E-state index contributed by atoms with van der Waals surface area (Å²) in [7, 11) is -2.10. The van der Waals surface area contributed by atoms with Crippen LogP contribution in [0.25, 0.3) is 0 Å². The Morgan fingerprint density at radius 3 is 2.60 bits per heavy atom. The maximum atomic E-state index is 13.1. The molecular formula is C17H25N3O3S2. The minimum absolute atomic E-state index is 0.174. The van der Waals surface area contributed by atoms with Crippen LogP contribution in [0.5, 0.6) is 5.75 Å². The maximum Gasteiger partial charge on any atom is 0.245 e. The molecule has 138 valence electrons. The number of piperidine rings is 1. The third-order valence-electron chi connectivity index (χ3n) is 3.92. The summed E-state index contributed by atoms with van der Waals surface area (Å²) in [5.74, 6) is 0.488. The van der Waals surface area contributed by atoms with E-state index >= 15 is 0 Å². The highest BCUT2D eigenvalue weighted by atomic mass is 32.2. The smallest absolute Gasteiger partial charge is 0.245 e. The number of benzene rings is 1. The van der Waals surface area contributed by atoms with Gasteiger partial charge in [0.05, 0.1) is 12.8 Å². The normalized spacial score (nSPS) is 15.4. The fourth-order valence-corrected chi connectivity index (χ4v) is 4.45. The lowest BCUT2D eigenvalue weighted by atomic mass is 10.2. The van der Waals surface area contributed by atoms with Crippen molar-refractivity contribution in [2.45, 2.75) is 31.1 Å². The van der Waals surface area contributed by atoms with Crippen molar-refractivity contribution < 1.29 is 13.2 Å². The van der Waals surface area contributed by atoms with Gasteiger partial charge in [-0.1, -0.05) is 18.6 Å². The average Bonchev–Trinajstić information content (AvgIpc) is 2.61. The Bertz CT molecular complexity index is 742. The molecule has 0 aromatic heterocycles. The number of anilines is 1. The molecule has 8 heteroatoms. The number of thiocarbonyl (C=S) groups is 1. The minimum Gasteiger partial charge on any atom is -0.497 e. The van der Waals surface area contributed by atoms with Gasteiger partial charge in [0.2, 0.25) is 10.0 Å². The van der Waals surface area contributed by atoms with Crippen molar-refractivity contribution in [3.05, 3.63) is 30.4 Å². The number of methoxy groups -OCH3 is 1. The lowest BCUT2D eigenvalue weighted by Gasteiger charge is -2.27. The fourth-order valence-electron chi connectivity index (χ4n) is 2.59. The highest BCUT2D eigenvalue weighted by Gasteiger charge is 2.29. The van der Waals surface area contributed by atoms with Crippen LogP contribution in [0.1, 0.15) is 26.2 Å². The van der Waals surface area contributed by atoms with Crippen molar-refractivity contribution in [1.29, 1.82) is 0 Å². The van der Waals surface area contributed by atoms with Crippen LogP contribution >= 0.6 is 12.2 Å². The number of ether oxygens (including phenoxy) is 1. The Balaban J connectivity index is 2.31. The molecule has 0 atom stereocenters. The minimum atomic E-state index is -3.62. The molecule has 2 N–H and O–H groups in total. The third kappa shape index (κ3) is 5.17. The van der Waals surface area contributed by atoms with Gasteiger partial charge in [-0.05, 0) is 44.1 Å². The van der Waals surface area contributed by atoms with Crippen LogP contribution < -0.4 is 15.4 Å². The molecule has 1 aromatic rings. The van der Waals surface area contributed by atoms with Crippen molar-refractivity contribution in [3.63, 3.8) is 0 Å². The summed E-state index contributed by atoms with van der Waals surface area (Å²) < 4.78 is 32.9. The molecule has 6 nitrogen and oxygen atoms in total. The summed E-state index contributed by atoms with van der Waals surface area (Å²) in [5.41, 5.74) is 1.37.